The van der Waals surface area contributed by atoms with E-state index in [9.17, 15) is 0 Å². The average Bonchev–Trinajstić information content (AvgIpc) is 3.66. The summed E-state index contributed by atoms with van der Waals surface area (Å²) in [7, 11) is 0. The van der Waals surface area contributed by atoms with E-state index in [1.54, 1.807) is 0 Å². The maximum absolute atomic E-state index is 6.33. The van der Waals surface area contributed by atoms with Crippen LogP contribution in [0, 0.1) is 0 Å². The molecule has 9 rings (SSSR count). The molecule has 0 aliphatic carbocycles. The third-order valence-corrected chi connectivity index (χ3v) is 9.19. The number of fused-ring (bicyclic) bond motifs is 10. The van der Waals surface area contributed by atoms with Gasteiger partial charge in [-0.1, -0.05) is 91.0 Å². The molecular weight excluding hydrogens is 494 g/mol. The van der Waals surface area contributed by atoms with E-state index in [4.69, 9.17) is 4.42 Å². The molecule has 9 aromatic rings. The molecule has 0 aliphatic heterocycles. The van der Waals surface area contributed by atoms with Crippen LogP contribution in [0.1, 0.15) is 0 Å². The lowest BCUT2D eigenvalue weighted by atomic mass is 10.0. The molecule has 0 spiro atoms. The SMILES string of the molecule is c1ccc(-c2ccc3c4ccc5c6ccccc6sc5c4n(-c4ccc5c(c4)oc4ccccc45)c3c2)cc1. The standard InChI is InChI=1S/C36H21NOS/c1-2-8-22(9-3-1)23-14-16-25-29-18-19-30-28-11-5-7-13-34(28)39-36(30)35(29)37(31(25)20-23)24-15-17-27-26-10-4-6-12-32(26)38-33(27)21-24/h1-21H. The molecule has 3 heterocycles. The highest BCUT2D eigenvalue weighted by molar-refractivity contribution is 7.26. The first-order chi connectivity index (χ1) is 19.3. The normalized spacial score (nSPS) is 12.1. The molecule has 0 atom stereocenters. The lowest BCUT2D eigenvalue weighted by Crippen LogP contribution is -1.94. The van der Waals surface area contributed by atoms with Crippen LogP contribution in [0.4, 0.5) is 0 Å². The Morgan fingerprint density at radius 3 is 2.13 bits per heavy atom. The van der Waals surface area contributed by atoms with Crippen molar-refractivity contribution in [1.82, 2.24) is 4.57 Å². The Bertz CT molecular complexity index is 2390. The van der Waals surface area contributed by atoms with Gasteiger partial charge in [0.25, 0.3) is 0 Å². The number of benzene rings is 6. The zero-order chi connectivity index (χ0) is 25.5. The fraction of sp³-hybridized carbons (Fsp3) is 0. The molecule has 0 radical (unpaired) electrons. The molecule has 3 aromatic heterocycles. The van der Waals surface area contributed by atoms with Gasteiger partial charge in [0, 0.05) is 48.8 Å². The van der Waals surface area contributed by atoms with Gasteiger partial charge in [0.15, 0.2) is 0 Å². The monoisotopic (exact) mass is 515 g/mol. The van der Waals surface area contributed by atoms with E-state index in [1.165, 1.54) is 53.1 Å². The molecule has 6 aromatic carbocycles. The third kappa shape index (κ3) is 2.96. The summed E-state index contributed by atoms with van der Waals surface area (Å²) in [5.74, 6) is 0. The Balaban J connectivity index is 1.44. The first-order valence-electron chi connectivity index (χ1n) is 13.2. The molecule has 0 saturated heterocycles. The molecule has 39 heavy (non-hydrogen) atoms. The van der Waals surface area contributed by atoms with E-state index in [2.05, 4.69) is 120 Å². The average molecular weight is 516 g/mol. The Morgan fingerprint density at radius 2 is 1.21 bits per heavy atom. The van der Waals surface area contributed by atoms with Gasteiger partial charge in [-0.2, -0.15) is 0 Å². The Labute approximate surface area is 227 Å². The minimum atomic E-state index is 0.909. The van der Waals surface area contributed by atoms with Gasteiger partial charge in [-0.25, -0.2) is 0 Å². The molecule has 3 heteroatoms. The third-order valence-electron chi connectivity index (χ3n) is 8.00. The van der Waals surface area contributed by atoms with Crippen LogP contribution in [0.3, 0.4) is 0 Å². The first-order valence-corrected chi connectivity index (χ1v) is 14.0. The van der Waals surface area contributed by atoms with Crippen molar-refractivity contribution in [2.75, 3.05) is 0 Å². The van der Waals surface area contributed by atoms with Crippen molar-refractivity contribution in [2.24, 2.45) is 0 Å². The molecule has 0 aliphatic rings. The van der Waals surface area contributed by atoms with Crippen molar-refractivity contribution in [3.63, 3.8) is 0 Å². The Morgan fingerprint density at radius 1 is 0.487 bits per heavy atom. The highest BCUT2D eigenvalue weighted by Crippen LogP contribution is 2.44. The summed E-state index contributed by atoms with van der Waals surface area (Å²) in [6, 6.07) is 45.8. The van der Waals surface area contributed by atoms with Gasteiger partial charge in [0.05, 0.1) is 15.7 Å². The zero-order valence-electron chi connectivity index (χ0n) is 20.9. The second-order valence-corrected chi connectivity index (χ2v) is 11.2. The number of para-hydroxylation sites is 1. The van der Waals surface area contributed by atoms with Crippen LogP contribution in [0.25, 0.3) is 80.7 Å². The fourth-order valence-electron chi connectivity index (χ4n) is 6.21. The van der Waals surface area contributed by atoms with Crippen molar-refractivity contribution in [2.45, 2.75) is 0 Å². The molecule has 2 nitrogen and oxygen atoms in total. The van der Waals surface area contributed by atoms with E-state index in [1.807, 2.05) is 23.5 Å². The maximum Gasteiger partial charge on any atom is 0.137 e. The van der Waals surface area contributed by atoms with E-state index in [0.29, 0.717) is 0 Å². The minimum Gasteiger partial charge on any atom is -0.456 e. The number of thiophene rings is 1. The predicted octanol–water partition coefficient (Wildman–Crippen LogP) is 10.7. The molecule has 0 saturated carbocycles. The van der Waals surface area contributed by atoms with Crippen LogP contribution < -0.4 is 0 Å². The van der Waals surface area contributed by atoms with Crippen molar-refractivity contribution >= 4 is 75.3 Å². The second kappa shape index (κ2) is 7.83. The van der Waals surface area contributed by atoms with Gasteiger partial charge in [-0.15, -0.1) is 11.3 Å². The number of furan rings is 1. The van der Waals surface area contributed by atoms with Crippen molar-refractivity contribution in [1.29, 1.82) is 0 Å². The highest BCUT2D eigenvalue weighted by Gasteiger charge is 2.19. The van der Waals surface area contributed by atoms with Crippen LogP contribution in [-0.2, 0) is 0 Å². The molecule has 0 bridgehead atoms. The molecular formula is C36H21NOS. The summed E-state index contributed by atoms with van der Waals surface area (Å²) in [4.78, 5) is 0. The predicted molar refractivity (Wildman–Crippen MR) is 166 cm³/mol. The second-order valence-electron chi connectivity index (χ2n) is 10.1. The van der Waals surface area contributed by atoms with Gasteiger partial charge in [0.1, 0.15) is 11.2 Å². The van der Waals surface area contributed by atoms with E-state index in [-0.39, 0.29) is 0 Å². The number of hydrogen-bond acceptors (Lipinski definition) is 2. The summed E-state index contributed by atoms with van der Waals surface area (Å²) >= 11 is 1.88. The van der Waals surface area contributed by atoms with Crippen LogP contribution in [0.2, 0.25) is 0 Å². The lowest BCUT2D eigenvalue weighted by Gasteiger charge is -2.10. The smallest absolute Gasteiger partial charge is 0.137 e. The largest absolute Gasteiger partial charge is 0.456 e. The highest BCUT2D eigenvalue weighted by atomic mass is 32.1. The van der Waals surface area contributed by atoms with E-state index < -0.39 is 0 Å². The van der Waals surface area contributed by atoms with Crippen molar-refractivity contribution in [3.8, 4) is 16.8 Å². The number of aromatic nitrogens is 1. The maximum atomic E-state index is 6.33. The van der Waals surface area contributed by atoms with Gasteiger partial charge in [-0.3, -0.25) is 0 Å². The topological polar surface area (TPSA) is 18.1 Å². The summed E-state index contributed by atoms with van der Waals surface area (Å²) in [5, 5.41) is 7.45. The first kappa shape index (κ1) is 21.1. The van der Waals surface area contributed by atoms with Crippen molar-refractivity contribution < 1.29 is 4.42 Å². The summed E-state index contributed by atoms with van der Waals surface area (Å²) < 4.78 is 11.4. The number of nitrogens with zero attached hydrogens (tertiary/aromatic N) is 1. The van der Waals surface area contributed by atoms with Gasteiger partial charge in [0.2, 0.25) is 0 Å². The molecule has 0 fully saturated rings. The van der Waals surface area contributed by atoms with Crippen molar-refractivity contribution in [3.05, 3.63) is 127 Å². The summed E-state index contributed by atoms with van der Waals surface area (Å²) in [6.07, 6.45) is 0. The number of hydrogen-bond donors (Lipinski definition) is 0. The molecule has 0 N–H and O–H groups in total. The summed E-state index contributed by atoms with van der Waals surface area (Å²) in [6.45, 7) is 0. The minimum absolute atomic E-state index is 0.909. The molecule has 0 amide bonds. The van der Waals surface area contributed by atoms with Crippen LogP contribution in [0.5, 0.6) is 0 Å². The lowest BCUT2D eigenvalue weighted by molar-refractivity contribution is 0.668. The molecule has 182 valence electrons. The van der Waals surface area contributed by atoms with Crippen LogP contribution in [-0.4, -0.2) is 4.57 Å². The fourth-order valence-corrected chi connectivity index (χ4v) is 7.45. The van der Waals surface area contributed by atoms with Crippen LogP contribution >= 0.6 is 11.3 Å². The quantitative estimate of drug-likeness (QED) is 0.224. The van der Waals surface area contributed by atoms with Gasteiger partial charge in [-0.05, 0) is 41.5 Å². The summed E-state index contributed by atoms with van der Waals surface area (Å²) in [5.41, 5.74) is 7.82. The number of rotatable bonds is 2. The van der Waals surface area contributed by atoms with E-state index >= 15 is 0 Å². The van der Waals surface area contributed by atoms with E-state index in [0.717, 1.165) is 27.6 Å². The zero-order valence-corrected chi connectivity index (χ0v) is 21.7. The van der Waals surface area contributed by atoms with Gasteiger partial charge >= 0.3 is 0 Å². The Hall–Kier alpha value is -4.86. The molecule has 0 unspecified atom stereocenters. The van der Waals surface area contributed by atoms with Crippen LogP contribution in [0.15, 0.2) is 132 Å². The van der Waals surface area contributed by atoms with Gasteiger partial charge < -0.3 is 8.98 Å². The Kier molecular flexibility index (Phi) is 4.24.